The first-order chi connectivity index (χ1) is 8.67. The lowest BCUT2D eigenvalue weighted by atomic mass is 10.2. The smallest absolute Gasteiger partial charge is 0.346 e. The van der Waals surface area contributed by atoms with Crippen molar-refractivity contribution >= 4 is 12.0 Å². The molecule has 1 heterocycles. The largest absolute Gasteiger partial charge is 0.477 e. The number of rotatable bonds is 5. The minimum Gasteiger partial charge on any atom is -0.477 e. The number of allylic oxidation sites excluding steroid dienone is 4. The van der Waals surface area contributed by atoms with Gasteiger partial charge < -0.3 is 9.67 Å². The molecule has 0 aliphatic heterocycles. The number of carboxylic acids is 1. The molecular formula is C14H14N2O2. The zero-order chi connectivity index (χ0) is 13.4. The monoisotopic (exact) mass is 242 g/mol. The van der Waals surface area contributed by atoms with E-state index in [2.05, 4.69) is 11.5 Å². The molecule has 0 spiro atoms. The highest BCUT2D eigenvalue weighted by molar-refractivity contribution is 5.91. The number of hydrogen-bond acceptors (Lipinski definition) is 2. The summed E-state index contributed by atoms with van der Waals surface area (Å²) in [7, 11) is 0. The van der Waals surface area contributed by atoms with Gasteiger partial charge in [-0.25, -0.2) is 4.79 Å². The Balaban J connectivity index is 2.60. The van der Waals surface area contributed by atoms with Crippen molar-refractivity contribution in [3.05, 3.63) is 53.9 Å². The SMILES string of the molecule is CCn1ccc(C=CC=CC=C(C#N)C(=O)O)c1. The van der Waals surface area contributed by atoms with E-state index in [9.17, 15) is 4.79 Å². The van der Waals surface area contributed by atoms with Gasteiger partial charge in [-0.3, -0.25) is 0 Å². The molecule has 0 amide bonds. The summed E-state index contributed by atoms with van der Waals surface area (Å²) in [4.78, 5) is 10.5. The molecule has 0 aromatic carbocycles. The van der Waals surface area contributed by atoms with Crippen LogP contribution in [0.1, 0.15) is 12.5 Å². The predicted octanol–water partition coefficient (Wildman–Crippen LogP) is 2.61. The molecule has 0 aliphatic rings. The Bertz CT molecular complexity index is 542. The molecule has 0 radical (unpaired) electrons. The third-order valence-electron chi connectivity index (χ3n) is 2.26. The highest BCUT2D eigenvalue weighted by atomic mass is 16.4. The van der Waals surface area contributed by atoms with Gasteiger partial charge in [0.1, 0.15) is 11.6 Å². The van der Waals surface area contributed by atoms with Gasteiger partial charge in [-0.05, 0) is 24.6 Å². The molecule has 0 aliphatic carbocycles. The van der Waals surface area contributed by atoms with Gasteiger partial charge in [0.05, 0.1) is 0 Å². The van der Waals surface area contributed by atoms with Crippen molar-refractivity contribution in [1.82, 2.24) is 4.57 Å². The van der Waals surface area contributed by atoms with E-state index in [0.29, 0.717) is 0 Å². The van der Waals surface area contributed by atoms with Crippen LogP contribution in [0.3, 0.4) is 0 Å². The number of carboxylic acid groups (broad SMARTS) is 1. The van der Waals surface area contributed by atoms with Crippen LogP contribution < -0.4 is 0 Å². The summed E-state index contributed by atoms with van der Waals surface area (Å²) in [6.45, 7) is 2.99. The summed E-state index contributed by atoms with van der Waals surface area (Å²) in [6, 6.07) is 3.59. The molecule has 1 rings (SSSR count). The zero-order valence-corrected chi connectivity index (χ0v) is 10.1. The Morgan fingerprint density at radius 3 is 2.83 bits per heavy atom. The molecule has 1 aromatic rings. The molecule has 0 saturated heterocycles. The molecule has 1 N–H and O–H groups in total. The second-order valence-corrected chi connectivity index (χ2v) is 3.52. The lowest BCUT2D eigenvalue weighted by molar-refractivity contribution is -0.132. The molecule has 18 heavy (non-hydrogen) atoms. The molecule has 0 atom stereocenters. The standard InChI is InChI=1S/C14H14N2O2/c1-2-16-9-8-12(11-16)6-4-3-5-7-13(10-15)14(17)18/h3-9,11H,2H2,1H3,(H,17,18). The number of nitriles is 1. The molecule has 92 valence electrons. The van der Waals surface area contributed by atoms with Crippen LogP contribution >= 0.6 is 0 Å². The van der Waals surface area contributed by atoms with Gasteiger partial charge in [0.2, 0.25) is 0 Å². The second-order valence-electron chi connectivity index (χ2n) is 3.52. The van der Waals surface area contributed by atoms with E-state index in [1.807, 2.05) is 24.5 Å². The van der Waals surface area contributed by atoms with Crippen molar-refractivity contribution in [1.29, 1.82) is 5.26 Å². The fourth-order valence-corrected chi connectivity index (χ4v) is 1.29. The molecule has 1 aromatic heterocycles. The van der Waals surface area contributed by atoms with Crippen molar-refractivity contribution < 1.29 is 9.90 Å². The molecule has 4 heteroatoms. The summed E-state index contributed by atoms with van der Waals surface area (Å²) in [5, 5.41) is 17.1. The molecule has 4 nitrogen and oxygen atoms in total. The number of aryl methyl sites for hydroxylation is 1. The summed E-state index contributed by atoms with van der Waals surface area (Å²) >= 11 is 0. The third kappa shape index (κ3) is 4.14. The molecule has 0 saturated carbocycles. The van der Waals surface area contributed by atoms with E-state index in [-0.39, 0.29) is 5.57 Å². The van der Waals surface area contributed by atoms with Gasteiger partial charge in [-0.1, -0.05) is 24.3 Å². The van der Waals surface area contributed by atoms with E-state index >= 15 is 0 Å². The van der Waals surface area contributed by atoms with Crippen molar-refractivity contribution in [2.45, 2.75) is 13.5 Å². The maximum Gasteiger partial charge on any atom is 0.346 e. The van der Waals surface area contributed by atoms with Crippen LogP contribution in [0.4, 0.5) is 0 Å². The minimum atomic E-state index is -1.22. The average Bonchev–Trinajstić information content (AvgIpc) is 2.81. The van der Waals surface area contributed by atoms with Crippen LogP contribution in [-0.4, -0.2) is 15.6 Å². The zero-order valence-electron chi connectivity index (χ0n) is 10.1. The predicted molar refractivity (Wildman–Crippen MR) is 69.6 cm³/mol. The molecule has 0 fully saturated rings. The second kappa shape index (κ2) is 6.92. The van der Waals surface area contributed by atoms with Gasteiger partial charge in [0.25, 0.3) is 0 Å². The third-order valence-corrected chi connectivity index (χ3v) is 2.26. The fourth-order valence-electron chi connectivity index (χ4n) is 1.29. The number of aliphatic carboxylic acids is 1. The van der Waals surface area contributed by atoms with Crippen LogP contribution in [0.25, 0.3) is 6.08 Å². The number of nitrogens with zero attached hydrogens (tertiary/aromatic N) is 2. The number of hydrogen-bond donors (Lipinski definition) is 1. The summed E-state index contributed by atoms with van der Waals surface area (Å²) in [5.74, 6) is -1.22. The van der Waals surface area contributed by atoms with Crippen LogP contribution in [0.2, 0.25) is 0 Å². The minimum absolute atomic E-state index is 0.281. The van der Waals surface area contributed by atoms with E-state index < -0.39 is 5.97 Å². The summed E-state index contributed by atoms with van der Waals surface area (Å²) < 4.78 is 2.06. The Kier molecular flexibility index (Phi) is 5.20. The van der Waals surface area contributed by atoms with Gasteiger partial charge >= 0.3 is 5.97 Å². The first-order valence-electron chi connectivity index (χ1n) is 5.51. The molecular weight excluding hydrogens is 228 g/mol. The van der Waals surface area contributed by atoms with Gasteiger partial charge in [-0.15, -0.1) is 0 Å². The normalized spacial score (nSPS) is 12.1. The van der Waals surface area contributed by atoms with Crippen LogP contribution in [0, 0.1) is 11.3 Å². The summed E-state index contributed by atoms with van der Waals surface area (Å²) in [6.07, 6.45) is 12.2. The lowest BCUT2D eigenvalue weighted by Crippen LogP contribution is -1.96. The van der Waals surface area contributed by atoms with Crippen molar-refractivity contribution in [3.8, 4) is 6.07 Å². The highest BCUT2D eigenvalue weighted by Gasteiger charge is 2.01. The average molecular weight is 242 g/mol. The maximum absolute atomic E-state index is 10.5. The Labute approximate surface area is 106 Å². The van der Waals surface area contributed by atoms with Crippen LogP contribution in [-0.2, 0) is 11.3 Å². The van der Waals surface area contributed by atoms with Crippen molar-refractivity contribution in [3.63, 3.8) is 0 Å². The molecule has 0 bridgehead atoms. The lowest BCUT2D eigenvalue weighted by Gasteiger charge is -1.91. The Morgan fingerprint density at radius 2 is 2.28 bits per heavy atom. The number of aromatic nitrogens is 1. The fraction of sp³-hybridized carbons (Fsp3) is 0.143. The Hall–Kier alpha value is -2.54. The summed E-state index contributed by atoms with van der Waals surface area (Å²) in [5.41, 5.74) is 0.793. The van der Waals surface area contributed by atoms with E-state index in [0.717, 1.165) is 12.1 Å². The van der Waals surface area contributed by atoms with E-state index in [1.165, 1.54) is 12.2 Å². The van der Waals surface area contributed by atoms with Gasteiger partial charge in [0, 0.05) is 18.9 Å². The van der Waals surface area contributed by atoms with Crippen molar-refractivity contribution in [2.24, 2.45) is 0 Å². The first kappa shape index (κ1) is 13.5. The highest BCUT2D eigenvalue weighted by Crippen LogP contribution is 2.03. The maximum atomic E-state index is 10.5. The van der Waals surface area contributed by atoms with Crippen LogP contribution in [0.15, 0.2) is 48.3 Å². The van der Waals surface area contributed by atoms with Crippen LogP contribution in [0.5, 0.6) is 0 Å². The molecule has 0 unspecified atom stereocenters. The van der Waals surface area contributed by atoms with E-state index in [1.54, 1.807) is 18.2 Å². The quantitative estimate of drug-likeness (QED) is 0.490. The number of carbonyl (C=O) groups is 1. The van der Waals surface area contributed by atoms with Gasteiger partial charge in [0.15, 0.2) is 0 Å². The van der Waals surface area contributed by atoms with E-state index in [4.69, 9.17) is 10.4 Å². The first-order valence-corrected chi connectivity index (χ1v) is 5.51. The van der Waals surface area contributed by atoms with Gasteiger partial charge in [-0.2, -0.15) is 5.26 Å². The Morgan fingerprint density at radius 1 is 1.50 bits per heavy atom. The van der Waals surface area contributed by atoms with Crippen molar-refractivity contribution in [2.75, 3.05) is 0 Å². The topological polar surface area (TPSA) is 66.0 Å².